The van der Waals surface area contributed by atoms with Crippen molar-refractivity contribution in [1.82, 2.24) is 5.32 Å². The smallest absolute Gasteiger partial charge is 0.303 e. The number of nitrogens with two attached hydrogens (primary N) is 1. The lowest BCUT2D eigenvalue weighted by molar-refractivity contribution is -0.137. The average molecular weight is 230 g/mol. The van der Waals surface area contributed by atoms with Crippen LogP contribution in [0.5, 0.6) is 0 Å². The average Bonchev–Trinajstić information content (AvgIpc) is 2.07. The third-order valence-electron chi connectivity index (χ3n) is 2.01. The summed E-state index contributed by atoms with van der Waals surface area (Å²) in [5.41, 5.74) is 5.22. The summed E-state index contributed by atoms with van der Waals surface area (Å²) in [4.78, 5) is 21.5. The largest absolute Gasteiger partial charge is 0.481 e. The maximum atomic E-state index is 11.3. The molecular formula is C11H22N2O3. The number of aliphatic carboxylic acids is 1. The van der Waals surface area contributed by atoms with Crippen LogP contribution in [0.15, 0.2) is 0 Å². The zero-order valence-corrected chi connectivity index (χ0v) is 10.1. The number of carbonyl (C=O) groups excluding carboxylic acids is 1. The van der Waals surface area contributed by atoms with Crippen LogP contribution >= 0.6 is 0 Å². The lowest BCUT2D eigenvalue weighted by atomic mass is 10.0. The van der Waals surface area contributed by atoms with Gasteiger partial charge in [-0.05, 0) is 26.7 Å². The van der Waals surface area contributed by atoms with E-state index in [1.807, 2.05) is 0 Å². The van der Waals surface area contributed by atoms with E-state index in [1.54, 1.807) is 13.8 Å². The molecule has 16 heavy (non-hydrogen) atoms. The minimum Gasteiger partial charge on any atom is -0.481 e. The minimum atomic E-state index is -0.770. The molecule has 0 aromatic heterocycles. The molecule has 0 radical (unpaired) electrons. The van der Waals surface area contributed by atoms with Gasteiger partial charge in [0.05, 0.1) is 0 Å². The number of rotatable bonds is 8. The Hall–Kier alpha value is -1.10. The van der Waals surface area contributed by atoms with Gasteiger partial charge in [-0.3, -0.25) is 9.59 Å². The summed E-state index contributed by atoms with van der Waals surface area (Å²) in [7, 11) is 0. The van der Waals surface area contributed by atoms with Gasteiger partial charge in [-0.15, -0.1) is 0 Å². The Bertz CT molecular complexity index is 234. The molecule has 0 saturated heterocycles. The second-order valence-corrected chi connectivity index (χ2v) is 4.72. The van der Waals surface area contributed by atoms with Crippen molar-refractivity contribution in [1.29, 1.82) is 0 Å². The number of unbranched alkanes of at least 4 members (excludes halogenated alkanes) is 2. The molecule has 5 heteroatoms. The number of carbonyl (C=O) groups is 2. The molecule has 1 amide bonds. The van der Waals surface area contributed by atoms with E-state index in [0.29, 0.717) is 19.4 Å². The summed E-state index contributed by atoms with van der Waals surface area (Å²) in [5, 5.41) is 11.2. The SMILES string of the molecule is CC(C)(N)CC(=O)NCCCCCC(=O)O. The maximum absolute atomic E-state index is 11.3. The first-order chi connectivity index (χ1) is 7.31. The van der Waals surface area contributed by atoms with Crippen LogP contribution in [0.25, 0.3) is 0 Å². The highest BCUT2D eigenvalue weighted by atomic mass is 16.4. The van der Waals surface area contributed by atoms with E-state index in [1.165, 1.54) is 0 Å². The fourth-order valence-corrected chi connectivity index (χ4v) is 1.28. The summed E-state index contributed by atoms with van der Waals surface area (Å²) in [5.74, 6) is -0.820. The fraction of sp³-hybridized carbons (Fsp3) is 0.818. The van der Waals surface area contributed by atoms with Gasteiger partial charge < -0.3 is 16.2 Å². The van der Waals surface area contributed by atoms with Gasteiger partial charge >= 0.3 is 5.97 Å². The van der Waals surface area contributed by atoms with Gasteiger partial charge in [0.15, 0.2) is 0 Å². The Morgan fingerprint density at radius 3 is 2.38 bits per heavy atom. The molecule has 0 aromatic carbocycles. The summed E-state index contributed by atoms with van der Waals surface area (Å²) < 4.78 is 0. The highest BCUT2D eigenvalue weighted by Gasteiger charge is 2.15. The van der Waals surface area contributed by atoms with Crippen LogP contribution in [0, 0.1) is 0 Å². The van der Waals surface area contributed by atoms with Crippen LogP contribution in [0.4, 0.5) is 0 Å². The van der Waals surface area contributed by atoms with Gasteiger partial charge in [-0.2, -0.15) is 0 Å². The number of carboxylic acids is 1. The zero-order valence-electron chi connectivity index (χ0n) is 10.1. The van der Waals surface area contributed by atoms with Gasteiger partial charge in [0.25, 0.3) is 0 Å². The topological polar surface area (TPSA) is 92.4 Å². The number of hydrogen-bond acceptors (Lipinski definition) is 3. The Kier molecular flexibility index (Phi) is 6.72. The third kappa shape index (κ3) is 11.0. The van der Waals surface area contributed by atoms with E-state index in [0.717, 1.165) is 12.8 Å². The first kappa shape index (κ1) is 14.9. The zero-order chi connectivity index (χ0) is 12.6. The molecular weight excluding hydrogens is 208 g/mol. The second kappa shape index (κ2) is 7.22. The van der Waals surface area contributed by atoms with Gasteiger partial charge in [-0.25, -0.2) is 0 Å². The molecule has 0 unspecified atom stereocenters. The number of amides is 1. The van der Waals surface area contributed by atoms with E-state index in [2.05, 4.69) is 5.32 Å². The molecule has 0 spiro atoms. The van der Waals surface area contributed by atoms with Crippen molar-refractivity contribution >= 4 is 11.9 Å². The summed E-state index contributed by atoms with van der Waals surface area (Å²) >= 11 is 0. The Labute approximate surface area is 96.4 Å². The first-order valence-corrected chi connectivity index (χ1v) is 5.58. The standard InChI is InChI=1S/C11H22N2O3/c1-11(2,12)8-9(14)13-7-5-3-4-6-10(15)16/h3-8,12H2,1-2H3,(H,13,14)(H,15,16). The van der Waals surface area contributed by atoms with Gasteiger partial charge in [0.1, 0.15) is 0 Å². The highest BCUT2D eigenvalue weighted by molar-refractivity contribution is 5.76. The quantitative estimate of drug-likeness (QED) is 0.539. The van der Waals surface area contributed by atoms with Gasteiger partial charge in [0.2, 0.25) is 5.91 Å². The number of hydrogen-bond donors (Lipinski definition) is 3. The molecule has 0 aliphatic rings. The monoisotopic (exact) mass is 230 g/mol. The lowest BCUT2D eigenvalue weighted by Crippen LogP contribution is -2.39. The van der Waals surface area contributed by atoms with E-state index in [4.69, 9.17) is 10.8 Å². The van der Waals surface area contributed by atoms with Crippen LogP contribution in [-0.4, -0.2) is 29.1 Å². The van der Waals surface area contributed by atoms with E-state index < -0.39 is 11.5 Å². The van der Waals surface area contributed by atoms with Crippen LogP contribution < -0.4 is 11.1 Å². The predicted molar refractivity (Wildman–Crippen MR) is 62.0 cm³/mol. The molecule has 4 N–H and O–H groups in total. The Morgan fingerprint density at radius 2 is 1.88 bits per heavy atom. The minimum absolute atomic E-state index is 0.0502. The van der Waals surface area contributed by atoms with Gasteiger partial charge in [0, 0.05) is 24.9 Å². The van der Waals surface area contributed by atoms with Crippen molar-refractivity contribution in [3.8, 4) is 0 Å². The summed E-state index contributed by atoms with van der Waals surface area (Å²) in [6.45, 7) is 4.20. The first-order valence-electron chi connectivity index (χ1n) is 5.58. The Balaban J connectivity index is 3.38. The summed E-state index contributed by atoms with van der Waals surface area (Å²) in [6, 6.07) is 0. The molecule has 5 nitrogen and oxygen atoms in total. The fourth-order valence-electron chi connectivity index (χ4n) is 1.28. The van der Waals surface area contributed by atoms with E-state index in [9.17, 15) is 9.59 Å². The highest BCUT2D eigenvalue weighted by Crippen LogP contribution is 2.03. The molecule has 0 aliphatic carbocycles. The molecule has 0 fully saturated rings. The number of carboxylic acid groups (broad SMARTS) is 1. The maximum Gasteiger partial charge on any atom is 0.303 e. The summed E-state index contributed by atoms with van der Waals surface area (Å²) in [6.07, 6.45) is 2.79. The van der Waals surface area contributed by atoms with Crippen molar-refractivity contribution in [2.24, 2.45) is 5.73 Å². The Morgan fingerprint density at radius 1 is 1.25 bits per heavy atom. The molecule has 0 aliphatic heterocycles. The second-order valence-electron chi connectivity index (χ2n) is 4.72. The van der Waals surface area contributed by atoms with Crippen molar-refractivity contribution in [2.45, 2.75) is 51.5 Å². The number of nitrogens with one attached hydrogen (secondary N) is 1. The van der Waals surface area contributed by atoms with Crippen molar-refractivity contribution in [3.05, 3.63) is 0 Å². The van der Waals surface area contributed by atoms with E-state index in [-0.39, 0.29) is 12.3 Å². The molecule has 0 rings (SSSR count). The molecule has 0 aromatic rings. The van der Waals surface area contributed by atoms with Crippen molar-refractivity contribution < 1.29 is 14.7 Å². The van der Waals surface area contributed by atoms with E-state index >= 15 is 0 Å². The lowest BCUT2D eigenvalue weighted by Gasteiger charge is -2.17. The third-order valence-corrected chi connectivity index (χ3v) is 2.01. The van der Waals surface area contributed by atoms with Crippen LogP contribution in [-0.2, 0) is 9.59 Å². The molecule has 0 heterocycles. The molecule has 94 valence electrons. The van der Waals surface area contributed by atoms with Crippen LogP contribution in [0.3, 0.4) is 0 Å². The van der Waals surface area contributed by atoms with Crippen LogP contribution in [0.2, 0.25) is 0 Å². The van der Waals surface area contributed by atoms with Gasteiger partial charge in [-0.1, -0.05) is 6.42 Å². The molecule has 0 saturated carbocycles. The van der Waals surface area contributed by atoms with Crippen LogP contribution in [0.1, 0.15) is 46.0 Å². The molecule has 0 bridgehead atoms. The van der Waals surface area contributed by atoms with Crippen molar-refractivity contribution in [3.63, 3.8) is 0 Å². The van der Waals surface area contributed by atoms with Crippen molar-refractivity contribution in [2.75, 3.05) is 6.54 Å². The molecule has 0 atom stereocenters. The predicted octanol–water partition coefficient (Wildman–Crippen LogP) is 0.875. The normalized spacial score (nSPS) is 11.2.